The second-order valence-corrected chi connectivity index (χ2v) is 7.32. The van der Waals surface area contributed by atoms with Crippen molar-refractivity contribution < 1.29 is 8.78 Å². The lowest BCUT2D eigenvalue weighted by molar-refractivity contribution is 0.617. The summed E-state index contributed by atoms with van der Waals surface area (Å²) >= 11 is 7.45. The molecule has 7 heteroatoms. The number of hydrogen-bond donors (Lipinski definition) is 0. The second-order valence-electron chi connectivity index (χ2n) is 5.97. The van der Waals surface area contributed by atoms with Crippen LogP contribution >= 0.6 is 23.4 Å². The molecule has 3 nitrogen and oxygen atoms in total. The van der Waals surface area contributed by atoms with Gasteiger partial charge in [0.05, 0.1) is 0 Å². The van der Waals surface area contributed by atoms with Gasteiger partial charge in [-0.05, 0) is 36.4 Å². The van der Waals surface area contributed by atoms with Crippen molar-refractivity contribution in [2.75, 3.05) is 0 Å². The summed E-state index contributed by atoms with van der Waals surface area (Å²) < 4.78 is 29.3. The van der Waals surface area contributed by atoms with E-state index in [0.29, 0.717) is 33.0 Å². The molecule has 1 heterocycles. The zero-order valence-corrected chi connectivity index (χ0v) is 16.1. The van der Waals surface area contributed by atoms with Crippen LogP contribution in [0.2, 0.25) is 5.02 Å². The van der Waals surface area contributed by atoms with E-state index in [1.165, 1.54) is 30.0 Å². The van der Waals surface area contributed by atoms with Crippen molar-refractivity contribution in [2.24, 2.45) is 0 Å². The molecule has 3 aromatic carbocycles. The van der Waals surface area contributed by atoms with Gasteiger partial charge in [-0.3, -0.25) is 4.57 Å². The Kier molecular flexibility index (Phi) is 5.41. The van der Waals surface area contributed by atoms with Crippen molar-refractivity contribution in [2.45, 2.75) is 10.9 Å². The van der Waals surface area contributed by atoms with E-state index in [1.807, 2.05) is 34.9 Å². The van der Waals surface area contributed by atoms with Gasteiger partial charge in [-0.25, -0.2) is 8.78 Å². The van der Waals surface area contributed by atoms with E-state index in [4.69, 9.17) is 11.6 Å². The Bertz CT molecular complexity index is 1080. The molecule has 0 aliphatic rings. The van der Waals surface area contributed by atoms with Gasteiger partial charge < -0.3 is 0 Å². The van der Waals surface area contributed by atoms with Crippen LogP contribution in [0.3, 0.4) is 0 Å². The fourth-order valence-electron chi connectivity index (χ4n) is 2.77. The predicted molar refractivity (Wildman–Crippen MR) is 108 cm³/mol. The fraction of sp³-hybridized carbons (Fsp3) is 0.0476. The summed E-state index contributed by atoms with van der Waals surface area (Å²) in [5.41, 5.74) is 1.99. The lowest BCUT2D eigenvalue weighted by Gasteiger charge is -2.11. The highest BCUT2D eigenvalue weighted by Crippen LogP contribution is 2.32. The number of aromatic nitrogens is 3. The molecule has 1 aromatic heterocycles. The first kappa shape index (κ1) is 18.7. The summed E-state index contributed by atoms with van der Waals surface area (Å²) in [6.07, 6.45) is 0. The first-order valence-electron chi connectivity index (χ1n) is 8.46. The standard InChI is InChI=1S/C21H14ClF2N3S/c22-18-7-4-8-19(24)17(18)13-28-21-26-25-20(14-5-2-1-3-6-14)27(21)16-11-9-15(23)10-12-16/h1-12H,13H2. The average Bonchev–Trinajstić information content (AvgIpc) is 3.13. The minimum Gasteiger partial charge on any atom is -0.270 e. The number of nitrogens with zero attached hydrogens (tertiary/aromatic N) is 3. The third kappa shape index (κ3) is 3.79. The lowest BCUT2D eigenvalue weighted by atomic mass is 10.2. The molecule has 0 aliphatic carbocycles. The summed E-state index contributed by atoms with van der Waals surface area (Å²) in [5.74, 6) is 0.218. The van der Waals surface area contributed by atoms with Crippen molar-refractivity contribution in [1.82, 2.24) is 14.8 Å². The largest absolute Gasteiger partial charge is 0.270 e. The maximum atomic E-state index is 14.1. The summed E-state index contributed by atoms with van der Waals surface area (Å²) in [6.45, 7) is 0. The van der Waals surface area contributed by atoms with Crippen LogP contribution in [0.4, 0.5) is 8.78 Å². The van der Waals surface area contributed by atoms with Crippen LogP contribution in [0, 0.1) is 11.6 Å². The highest BCUT2D eigenvalue weighted by molar-refractivity contribution is 7.98. The van der Waals surface area contributed by atoms with E-state index in [9.17, 15) is 8.78 Å². The van der Waals surface area contributed by atoms with E-state index in [-0.39, 0.29) is 11.6 Å². The van der Waals surface area contributed by atoms with Gasteiger partial charge in [-0.15, -0.1) is 10.2 Å². The highest BCUT2D eigenvalue weighted by Gasteiger charge is 2.17. The van der Waals surface area contributed by atoms with Gasteiger partial charge >= 0.3 is 0 Å². The molecule has 4 aromatic rings. The van der Waals surface area contributed by atoms with Crippen LogP contribution in [0.25, 0.3) is 17.1 Å². The summed E-state index contributed by atoms with van der Waals surface area (Å²) in [7, 11) is 0. The van der Waals surface area contributed by atoms with Crippen LogP contribution < -0.4 is 0 Å². The monoisotopic (exact) mass is 413 g/mol. The first-order valence-corrected chi connectivity index (χ1v) is 9.82. The molecule has 0 amide bonds. The molecular formula is C21H14ClF2N3S. The molecule has 0 atom stereocenters. The summed E-state index contributed by atoms with van der Waals surface area (Å²) in [4.78, 5) is 0. The Hall–Kier alpha value is -2.70. The van der Waals surface area contributed by atoms with E-state index >= 15 is 0 Å². The van der Waals surface area contributed by atoms with E-state index in [1.54, 1.807) is 24.3 Å². The predicted octanol–water partition coefficient (Wildman–Crippen LogP) is 6.16. The minimum absolute atomic E-state index is 0.291. The topological polar surface area (TPSA) is 30.7 Å². The molecule has 0 saturated carbocycles. The number of hydrogen-bond acceptors (Lipinski definition) is 3. The number of thioether (sulfide) groups is 1. The Balaban J connectivity index is 1.75. The maximum absolute atomic E-state index is 14.1. The molecule has 140 valence electrons. The summed E-state index contributed by atoms with van der Waals surface area (Å²) in [5, 5.41) is 9.52. The quantitative estimate of drug-likeness (QED) is 0.367. The van der Waals surface area contributed by atoms with Crippen molar-refractivity contribution in [3.05, 3.63) is 95.0 Å². The van der Waals surface area contributed by atoms with Crippen molar-refractivity contribution in [3.8, 4) is 17.1 Å². The zero-order chi connectivity index (χ0) is 19.5. The van der Waals surface area contributed by atoms with Gasteiger partial charge in [0, 0.05) is 27.6 Å². The molecule has 0 bridgehead atoms. The zero-order valence-electron chi connectivity index (χ0n) is 14.5. The lowest BCUT2D eigenvalue weighted by Crippen LogP contribution is -2.00. The molecule has 0 N–H and O–H groups in total. The van der Waals surface area contributed by atoms with Crippen LogP contribution in [0.15, 0.2) is 78.0 Å². The molecule has 4 rings (SSSR count). The van der Waals surface area contributed by atoms with Crippen molar-refractivity contribution in [3.63, 3.8) is 0 Å². The SMILES string of the molecule is Fc1ccc(-n2c(SCc3c(F)cccc3Cl)nnc2-c2ccccc2)cc1. The van der Waals surface area contributed by atoms with Gasteiger partial charge in [0.2, 0.25) is 0 Å². The third-order valence-corrected chi connectivity index (χ3v) is 5.47. The van der Waals surface area contributed by atoms with Gasteiger partial charge in [0.1, 0.15) is 11.6 Å². The van der Waals surface area contributed by atoms with Gasteiger partial charge in [0.15, 0.2) is 11.0 Å². The van der Waals surface area contributed by atoms with Crippen molar-refractivity contribution in [1.29, 1.82) is 0 Å². The molecule has 0 unspecified atom stereocenters. The highest BCUT2D eigenvalue weighted by atomic mass is 35.5. The molecule has 0 radical (unpaired) electrons. The molecule has 0 aliphatic heterocycles. The second kappa shape index (κ2) is 8.12. The molecular weight excluding hydrogens is 400 g/mol. The minimum atomic E-state index is -0.365. The maximum Gasteiger partial charge on any atom is 0.196 e. The van der Waals surface area contributed by atoms with Crippen LogP contribution in [0.5, 0.6) is 0 Å². The molecule has 28 heavy (non-hydrogen) atoms. The Morgan fingerprint density at radius 2 is 1.61 bits per heavy atom. The average molecular weight is 414 g/mol. The van der Waals surface area contributed by atoms with E-state index < -0.39 is 0 Å². The first-order chi connectivity index (χ1) is 13.6. The third-order valence-electron chi connectivity index (χ3n) is 4.16. The Labute approximate surface area is 170 Å². The van der Waals surface area contributed by atoms with Gasteiger partial charge in [-0.1, -0.05) is 59.8 Å². The van der Waals surface area contributed by atoms with Gasteiger partial charge in [-0.2, -0.15) is 0 Å². The Morgan fingerprint density at radius 1 is 0.857 bits per heavy atom. The smallest absolute Gasteiger partial charge is 0.196 e. The normalized spacial score (nSPS) is 11.0. The van der Waals surface area contributed by atoms with Crippen LogP contribution in [-0.2, 0) is 5.75 Å². The number of benzene rings is 3. The molecule has 0 fully saturated rings. The number of halogens is 3. The summed E-state index contributed by atoms with van der Waals surface area (Å²) in [6, 6.07) is 20.3. The Morgan fingerprint density at radius 3 is 2.32 bits per heavy atom. The van der Waals surface area contributed by atoms with Gasteiger partial charge in [0.25, 0.3) is 0 Å². The van der Waals surface area contributed by atoms with Crippen LogP contribution in [0.1, 0.15) is 5.56 Å². The van der Waals surface area contributed by atoms with E-state index in [0.717, 1.165) is 5.56 Å². The molecule has 0 spiro atoms. The molecule has 0 saturated heterocycles. The van der Waals surface area contributed by atoms with Crippen LogP contribution in [-0.4, -0.2) is 14.8 Å². The fourth-order valence-corrected chi connectivity index (χ4v) is 4.06. The van der Waals surface area contributed by atoms with Crippen molar-refractivity contribution >= 4 is 23.4 Å². The van der Waals surface area contributed by atoms with E-state index in [2.05, 4.69) is 10.2 Å². The number of rotatable bonds is 5.